The number of nitrogen functional groups attached to an aromatic ring is 1. The van der Waals surface area contributed by atoms with E-state index in [4.69, 9.17) is 10.5 Å². The maximum atomic E-state index is 5.98. The van der Waals surface area contributed by atoms with Gasteiger partial charge in [0.15, 0.2) is 0 Å². The Morgan fingerprint density at radius 2 is 1.80 bits per heavy atom. The van der Waals surface area contributed by atoms with Crippen LogP contribution in [0.3, 0.4) is 0 Å². The predicted octanol–water partition coefficient (Wildman–Crippen LogP) is 4.01. The molecule has 2 aromatic carbocycles. The molecule has 2 rings (SSSR count). The van der Waals surface area contributed by atoms with E-state index in [1.165, 1.54) is 11.1 Å². The van der Waals surface area contributed by atoms with E-state index in [-0.39, 0.29) is 0 Å². The standard InChI is InChI=1S/C17H22N2O/c1-12(2)14-6-4-13(5-7-14)11-19-17-9-8-15(20-3)10-16(17)18/h4-10,12,19H,11,18H2,1-3H3. The molecule has 0 spiro atoms. The Morgan fingerprint density at radius 1 is 1.10 bits per heavy atom. The maximum absolute atomic E-state index is 5.98. The van der Waals surface area contributed by atoms with Crippen LogP contribution in [-0.4, -0.2) is 7.11 Å². The van der Waals surface area contributed by atoms with Crippen LogP contribution in [0.4, 0.5) is 11.4 Å². The molecule has 0 aliphatic heterocycles. The molecule has 20 heavy (non-hydrogen) atoms. The zero-order valence-corrected chi connectivity index (χ0v) is 12.3. The Hall–Kier alpha value is -2.16. The molecule has 0 aliphatic carbocycles. The van der Waals surface area contributed by atoms with Crippen LogP contribution in [0.15, 0.2) is 42.5 Å². The van der Waals surface area contributed by atoms with Crippen LogP contribution >= 0.6 is 0 Å². The van der Waals surface area contributed by atoms with Gasteiger partial charge in [-0.25, -0.2) is 0 Å². The molecule has 0 aliphatic rings. The molecular formula is C17H22N2O. The van der Waals surface area contributed by atoms with E-state index in [2.05, 4.69) is 43.4 Å². The Labute approximate surface area is 120 Å². The van der Waals surface area contributed by atoms with Gasteiger partial charge in [0.1, 0.15) is 5.75 Å². The van der Waals surface area contributed by atoms with E-state index in [0.717, 1.165) is 18.0 Å². The van der Waals surface area contributed by atoms with Crippen LogP contribution in [0, 0.1) is 0 Å². The van der Waals surface area contributed by atoms with E-state index < -0.39 is 0 Å². The van der Waals surface area contributed by atoms with Crippen molar-refractivity contribution in [3.8, 4) is 5.75 Å². The fourth-order valence-corrected chi connectivity index (χ4v) is 2.05. The van der Waals surface area contributed by atoms with Gasteiger partial charge in [0.2, 0.25) is 0 Å². The van der Waals surface area contributed by atoms with Crippen molar-refractivity contribution in [3.05, 3.63) is 53.6 Å². The summed E-state index contributed by atoms with van der Waals surface area (Å²) in [5, 5.41) is 3.35. The molecule has 0 unspecified atom stereocenters. The second kappa shape index (κ2) is 6.33. The minimum Gasteiger partial charge on any atom is -0.497 e. The highest BCUT2D eigenvalue weighted by Crippen LogP contribution is 2.24. The molecule has 3 N–H and O–H groups in total. The molecule has 3 nitrogen and oxygen atoms in total. The summed E-state index contributed by atoms with van der Waals surface area (Å²) in [4.78, 5) is 0. The smallest absolute Gasteiger partial charge is 0.121 e. The van der Waals surface area contributed by atoms with Crippen molar-refractivity contribution in [1.29, 1.82) is 0 Å². The van der Waals surface area contributed by atoms with Crippen LogP contribution in [0.5, 0.6) is 5.75 Å². The Morgan fingerprint density at radius 3 is 2.35 bits per heavy atom. The lowest BCUT2D eigenvalue weighted by Gasteiger charge is -2.11. The van der Waals surface area contributed by atoms with Gasteiger partial charge in [0.25, 0.3) is 0 Å². The number of benzene rings is 2. The largest absolute Gasteiger partial charge is 0.497 e. The van der Waals surface area contributed by atoms with Gasteiger partial charge in [-0.05, 0) is 29.2 Å². The summed E-state index contributed by atoms with van der Waals surface area (Å²) in [7, 11) is 1.64. The number of hydrogen-bond donors (Lipinski definition) is 2. The lowest BCUT2D eigenvalue weighted by Crippen LogP contribution is -2.03. The third-order valence-electron chi connectivity index (χ3n) is 3.39. The topological polar surface area (TPSA) is 47.3 Å². The zero-order chi connectivity index (χ0) is 14.5. The van der Waals surface area contributed by atoms with Crippen molar-refractivity contribution in [2.45, 2.75) is 26.3 Å². The number of ether oxygens (including phenoxy) is 1. The van der Waals surface area contributed by atoms with Gasteiger partial charge in [0.05, 0.1) is 18.5 Å². The number of rotatable bonds is 5. The lowest BCUT2D eigenvalue weighted by molar-refractivity contribution is 0.415. The summed E-state index contributed by atoms with van der Waals surface area (Å²) in [6, 6.07) is 14.3. The van der Waals surface area contributed by atoms with Gasteiger partial charge in [-0.1, -0.05) is 38.1 Å². The minimum absolute atomic E-state index is 0.564. The van der Waals surface area contributed by atoms with Gasteiger partial charge in [-0.2, -0.15) is 0 Å². The second-order valence-electron chi connectivity index (χ2n) is 5.20. The van der Waals surface area contributed by atoms with Gasteiger partial charge in [-0.3, -0.25) is 0 Å². The third-order valence-corrected chi connectivity index (χ3v) is 3.39. The maximum Gasteiger partial charge on any atom is 0.121 e. The van der Waals surface area contributed by atoms with Crippen LogP contribution in [0.25, 0.3) is 0 Å². The first-order valence-corrected chi connectivity index (χ1v) is 6.86. The van der Waals surface area contributed by atoms with Crippen LogP contribution < -0.4 is 15.8 Å². The minimum atomic E-state index is 0.564. The van der Waals surface area contributed by atoms with Crippen molar-refractivity contribution in [2.75, 3.05) is 18.2 Å². The number of methoxy groups -OCH3 is 1. The van der Waals surface area contributed by atoms with Crippen LogP contribution in [0.1, 0.15) is 30.9 Å². The summed E-state index contributed by atoms with van der Waals surface area (Å²) < 4.78 is 5.14. The normalized spacial score (nSPS) is 10.6. The Balaban J connectivity index is 2.01. The fraction of sp³-hybridized carbons (Fsp3) is 0.294. The van der Waals surface area contributed by atoms with E-state index in [1.807, 2.05) is 18.2 Å². The van der Waals surface area contributed by atoms with Gasteiger partial charge in [0, 0.05) is 12.6 Å². The highest BCUT2D eigenvalue weighted by Gasteiger charge is 2.02. The molecule has 0 saturated carbocycles. The van der Waals surface area contributed by atoms with E-state index in [1.54, 1.807) is 7.11 Å². The molecule has 0 aromatic heterocycles. The predicted molar refractivity (Wildman–Crippen MR) is 85.3 cm³/mol. The van der Waals surface area contributed by atoms with E-state index in [9.17, 15) is 0 Å². The summed E-state index contributed by atoms with van der Waals surface area (Å²) in [6.45, 7) is 5.16. The van der Waals surface area contributed by atoms with Crippen molar-refractivity contribution in [3.63, 3.8) is 0 Å². The first-order valence-electron chi connectivity index (χ1n) is 6.86. The van der Waals surface area contributed by atoms with Crippen molar-refractivity contribution >= 4 is 11.4 Å². The van der Waals surface area contributed by atoms with Crippen LogP contribution in [0.2, 0.25) is 0 Å². The van der Waals surface area contributed by atoms with E-state index in [0.29, 0.717) is 11.6 Å². The van der Waals surface area contributed by atoms with E-state index >= 15 is 0 Å². The van der Waals surface area contributed by atoms with Gasteiger partial charge in [-0.15, -0.1) is 0 Å². The average Bonchev–Trinajstić information content (AvgIpc) is 2.46. The molecule has 0 amide bonds. The number of anilines is 2. The quantitative estimate of drug-likeness (QED) is 0.807. The van der Waals surface area contributed by atoms with Gasteiger partial charge < -0.3 is 15.8 Å². The van der Waals surface area contributed by atoms with Crippen molar-refractivity contribution in [2.24, 2.45) is 0 Å². The summed E-state index contributed by atoms with van der Waals surface area (Å²) in [5.41, 5.74) is 10.2. The SMILES string of the molecule is COc1ccc(NCc2ccc(C(C)C)cc2)c(N)c1. The molecule has 3 heteroatoms. The van der Waals surface area contributed by atoms with Crippen molar-refractivity contribution < 1.29 is 4.74 Å². The summed E-state index contributed by atoms with van der Waals surface area (Å²) in [6.07, 6.45) is 0. The first-order chi connectivity index (χ1) is 9.60. The zero-order valence-electron chi connectivity index (χ0n) is 12.3. The first kappa shape index (κ1) is 14.3. The Bertz CT molecular complexity index is 562. The highest BCUT2D eigenvalue weighted by molar-refractivity contribution is 5.68. The molecule has 0 saturated heterocycles. The molecule has 0 radical (unpaired) electrons. The average molecular weight is 270 g/mol. The molecule has 2 aromatic rings. The fourth-order valence-electron chi connectivity index (χ4n) is 2.05. The molecule has 0 atom stereocenters. The molecule has 106 valence electrons. The second-order valence-corrected chi connectivity index (χ2v) is 5.20. The number of nitrogens with one attached hydrogen (secondary N) is 1. The third kappa shape index (κ3) is 3.44. The highest BCUT2D eigenvalue weighted by atomic mass is 16.5. The van der Waals surface area contributed by atoms with Gasteiger partial charge >= 0.3 is 0 Å². The monoisotopic (exact) mass is 270 g/mol. The number of hydrogen-bond acceptors (Lipinski definition) is 3. The molecule has 0 fully saturated rings. The summed E-state index contributed by atoms with van der Waals surface area (Å²) in [5.74, 6) is 1.34. The van der Waals surface area contributed by atoms with Crippen molar-refractivity contribution in [1.82, 2.24) is 0 Å². The summed E-state index contributed by atoms with van der Waals surface area (Å²) >= 11 is 0. The van der Waals surface area contributed by atoms with Crippen LogP contribution in [-0.2, 0) is 6.54 Å². The lowest BCUT2D eigenvalue weighted by atomic mass is 10.0. The molecular weight excluding hydrogens is 248 g/mol. The number of nitrogens with two attached hydrogens (primary N) is 1. The Kier molecular flexibility index (Phi) is 4.51. The molecule has 0 bridgehead atoms. The molecule has 0 heterocycles.